The van der Waals surface area contributed by atoms with Gasteiger partial charge in [-0.25, -0.2) is 0 Å². The van der Waals surface area contributed by atoms with E-state index in [0.29, 0.717) is 31.9 Å². The molecule has 0 aliphatic heterocycles. The van der Waals surface area contributed by atoms with Crippen LogP contribution in [0.5, 0.6) is 11.5 Å². The van der Waals surface area contributed by atoms with Gasteiger partial charge in [-0.1, -0.05) is 56.8 Å². The minimum atomic E-state index is 0.456. The Kier molecular flexibility index (Phi) is 4.79. The predicted octanol–water partition coefficient (Wildman–Crippen LogP) is 6.33. The Hall–Kier alpha value is -0.410. The van der Waals surface area contributed by atoms with Crippen LogP contribution in [0.2, 0.25) is 15.1 Å². The van der Waals surface area contributed by atoms with Gasteiger partial charge >= 0.3 is 0 Å². The highest BCUT2D eigenvalue weighted by atomic mass is 79.9. The summed E-state index contributed by atoms with van der Waals surface area (Å²) in [6, 6.07) is 10.6. The van der Waals surface area contributed by atoms with Crippen LogP contribution in [0.3, 0.4) is 0 Å². The maximum absolute atomic E-state index is 6.10. The first-order valence-electron chi connectivity index (χ1n) is 5.07. The third kappa shape index (κ3) is 3.33. The molecule has 0 atom stereocenters. The average molecular weight is 366 g/mol. The third-order valence-electron chi connectivity index (χ3n) is 2.30. The summed E-state index contributed by atoms with van der Waals surface area (Å²) >= 11 is 21.2. The van der Waals surface area contributed by atoms with E-state index >= 15 is 0 Å². The van der Waals surface area contributed by atoms with E-state index in [1.54, 1.807) is 24.3 Å². The summed E-state index contributed by atoms with van der Waals surface area (Å²) < 4.78 is 5.65. The van der Waals surface area contributed by atoms with Crippen LogP contribution in [0.25, 0.3) is 0 Å². The van der Waals surface area contributed by atoms with Crippen molar-refractivity contribution in [1.82, 2.24) is 0 Å². The molecule has 2 aromatic carbocycles. The molecule has 0 unspecified atom stereocenters. The van der Waals surface area contributed by atoms with Crippen molar-refractivity contribution in [3.05, 3.63) is 57.0 Å². The number of rotatable bonds is 3. The van der Waals surface area contributed by atoms with Gasteiger partial charge in [0, 0.05) is 16.4 Å². The summed E-state index contributed by atoms with van der Waals surface area (Å²) in [5, 5.41) is 2.32. The van der Waals surface area contributed by atoms with Crippen molar-refractivity contribution in [2.75, 3.05) is 0 Å². The molecule has 2 rings (SSSR count). The second-order valence-corrected chi connectivity index (χ2v) is 5.35. The fourth-order valence-corrected chi connectivity index (χ4v) is 2.55. The van der Waals surface area contributed by atoms with Gasteiger partial charge in [0.05, 0.1) is 10.0 Å². The molecule has 0 aliphatic carbocycles. The molecular weight excluding hydrogens is 358 g/mol. The van der Waals surface area contributed by atoms with Gasteiger partial charge < -0.3 is 4.74 Å². The van der Waals surface area contributed by atoms with Crippen molar-refractivity contribution in [1.29, 1.82) is 0 Å². The zero-order chi connectivity index (χ0) is 13.1. The number of hydrogen-bond donors (Lipinski definition) is 0. The summed E-state index contributed by atoms with van der Waals surface area (Å²) in [4.78, 5) is 0. The Labute approximate surface area is 129 Å². The van der Waals surface area contributed by atoms with E-state index in [4.69, 9.17) is 39.5 Å². The first kappa shape index (κ1) is 14.0. The molecule has 5 heteroatoms. The Morgan fingerprint density at radius 2 is 1.44 bits per heavy atom. The summed E-state index contributed by atoms with van der Waals surface area (Å²) in [5.74, 6) is 1.27. The lowest BCUT2D eigenvalue weighted by molar-refractivity contribution is 0.482. The molecule has 0 heterocycles. The van der Waals surface area contributed by atoms with E-state index in [1.165, 1.54) is 0 Å². The number of ether oxygens (including phenoxy) is 1. The summed E-state index contributed by atoms with van der Waals surface area (Å²) in [5.41, 5.74) is 1.01. The van der Waals surface area contributed by atoms with Crippen LogP contribution in [-0.2, 0) is 5.33 Å². The van der Waals surface area contributed by atoms with Crippen molar-refractivity contribution in [2.24, 2.45) is 0 Å². The highest BCUT2D eigenvalue weighted by Gasteiger charge is 2.04. The highest BCUT2D eigenvalue weighted by Crippen LogP contribution is 2.31. The van der Waals surface area contributed by atoms with Gasteiger partial charge in [0.2, 0.25) is 0 Å². The van der Waals surface area contributed by atoms with Gasteiger partial charge in [-0.05, 0) is 29.8 Å². The molecular formula is C13H8BrCl3O. The van der Waals surface area contributed by atoms with Crippen molar-refractivity contribution >= 4 is 50.7 Å². The molecule has 2 aromatic rings. The molecule has 0 fully saturated rings. The van der Waals surface area contributed by atoms with Crippen molar-refractivity contribution in [3.8, 4) is 11.5 Å². The molecule has 1 nitrogen and oxygen atoms in total. The second-order valence-electron chi connectivity index (χ2n) is 3.56. The molecule has 0 saturated carbocycles. The fraction of sp³-hybridized carbons (Fsp3) is 0.0769. The Morgan fingerprint density at radius 1 is 0.833 bits per heavy atom. The summed E-state index contributed by atoms with van der Waals surface area (Å²) in [6.07, 6.45) is 0. The molecule has 0 aliphatic rings. The number of alkyl halides is 1. The van der Waals surface area contributed by atoms with Gasteiger partial charge in [-0.15, -0.1) is 0 Å². The third-order valence-corrected chi connectivity index (χ3v) is 3.99. The molecule has 0 N–H and O–H groups in total. The number of halogens is 4. The van der Waals surface area contributed by atoms with Crippen LogP contribution in [0.4, 0.5) is 0 Å². The number of hydrogen-bond acceptors (Lipinski definition) is 1. The van der Waals surface area contributed by atoms with E-state index in [9.17, 15) is 0 Å². The monoisotopic (exact) mass is 364 g/mol. The molecule has 18 heavy (non-hydrogen) atoms. The van der Waals surface area contributed by atoms with Crippen molar-refractivity contribution in [3.63, 3.8) is 0 Å². The van der Waals surface area contributed by atoms with Gasteiger partial charge in [0.15, 0.2) is 0 Å². The minimum Gasteiger partial charge on any atom is -0.457 e. The molecule has 0 spiro atoms. The fourth-order valence-electron chi connectivity index (χ4n) is 1.38. The van der Waals surface area contributed by atoms with Gasteiger partial charge in [0.25, 0.3) is 0 Å². The second kappa shape index (κ2) is 6.16. The van der Waals surface area contributed by atoms with Gasteiger partial charge in [-0.3, -0.25) is 0 Å². The first-order chi connectivity index (χ1) is 8.60. The standard InChI is InChI=1S/C13H8BrCl3O/c14-7-8-1-2-9(5-12(8)16)18-10-3-4-11(15)13(17)6-10/h1-6H,7H2. The lowest BCUT2D eigenvalue weighted by Gasteiger charge is -2.08. The Balaban J connectivity index is 2.23. The van der Waals surface area contributed by atoms with Crippen molar-refractivity contribution in [2.45, 2.75) is 5.33 Å². The first-order valence-corrected chi connectivity index (χ1v) is 7.33. The highest BCUT2D eigenvalue weighted by molar-refractivity contribution is 9.08. The molecule has 0 amide bonds. The van der Waals surface area contributed by atoms with E-state index in [0.717, 1.165) is 5.56 Å². The zero-order valence-corrected chi connectivity index (χ0v) is 12.9. The molecule has 94 valence electrons. The van der Waals surface area contributed by atoms with Gasteiger partial charge in [0.1, 0.15) is 11.5 Å². The quantitative estimate of drug-likeness (QED) is 0.576. The maximum atomic E-state index is 6.10. The van der Waals surface area contributed by atoms with E-state index in [-0.39, 0.29) is 0 Å². The van der Waals surface area contributed by atoms with Crippen LogP contribution < -0.4 is 4.74 Å². The van der Waals surface area contributed by atoms with Crippen LogP contribution in [-0.4, -0.2) is 0 Å². The molecule has 0 bridgehead atoms. The van der Waals surface area contributed by atoms with Crippen LogP contribution in [0.15, 0.2) is 36.4 Å². The average Bonchev–Trinajstić information content (AvgIpc) is 2.34. The van der Waals surface area contributed by atoms with Crippen LogP contribution in [0, 0.1) is 0 Å². The van der Waals surface area contributed by atoms with Crippen molar-refractivity contribution < 1.29 is 4.74 Å². The lowest BCUT2D eigenvalue weighted by atomic mass is 10.2. The van der Waals surface area contributed by atoms with E-state index in [2.05, 4.69) is 15.9 Å². The van der Waals surface area contributed by atoms with E-state index < -0.39 is 0 Å². The summed E-state index contributed by atoms with van der Waals surface area (Å²) in [6.45, 7) is 0. The molecule has 0 radical (unpaired) electrons. The normalized spacial score (nSPS) is 10.4. The lowest BCUT2D eigenvalue weighted by Crippen LogP contribution is -1.86. The molecule has 0 aromatic heterocycles. The number of benzene rings is 2. The SMILES string of the molecule is Clc1ccc(Oc2ccc(CBr)c(Cl)c2)cc1Cl. The Morgan fingerprint density at radius 3 is 2.00 bits per heavy atom. The van der Waals surface area contributed by atoms with E-state index in [1.807, 2.05) is 12.1 Å². The van der Waals surface area contributed by atoms with Gasteiger partial charge in [-0.2, -0.15) is 0 Å². The topological polar surface area (TPSA) is 9.23 Å². The molecule has 0 saturated heterocycles. The summed E-state index contributed by atoms with van der Waals surface area (Å²) in [7, 11) is 0. The van der Waals surface area contributed by atoms with Crippen LogP contribution >= 0.6 is 50.7 Å². The maximum Gasteiger partial charge on any atom is 0.129 e. The Bertz CT molecular complexity index is 572. The zero-order valence-electron chi connectivity index (χ0n) is 9.09. The van der Waals surface area contributed by atoms with Crippen LogP contribution in [0.1, 0.15) is 5.56 Å². The predicted molar refractivity (Wildman–Crippen MR) is 80.6 cm³/mol. The minimum absolute atomic E-state index is 0.456. The largest absolute Gasteiger partial charge is 0.457 e. The smallest absolute Gasteiger partial charge is 0.129 e.